The van der Waals surface area contributed by atoms with Gasteiger partial charge in [-0.05, 0) is 49.4 Å². The highest BCUT2D eigenvalue weighted by atomic mass is 19.1. The Morgan fingerprint density at radius 3 is 2.58 bits per heavy atom. The molecule has 26 heavy (non-hydrogen) atoms. The Kier molecular flexibility index (Phi) is 4.52. The van der Waals surface area contributed by atoms with Crippen molar-refractivity contribution >= 4 is 22.5 Å². The molecule has 2 N–H and O–H groups in total. The van der Waals surface area contributed by atoms with Crippen LogP contribution >= 0.6 is 0 Å². The number of hydrazone groups is 1. The zero-order valence-corrected chi connectivity index (χ0v) is 14.4. The van der Waals surface area contributed by atoms with E-state index in [1.807, 2.05) is 30.3 Å². The van der Waals surface area contributed by atoms with Crippen LogP contribution in [0.1, 0.15) is 42.6 Å². The molecular weight excluding hydrogens is 329 g/mol. The zero-order chi connectivity index (χ0) is 17.9. The number of aromatic nitrogens is 1. The van der Waals surface area contributed by atoms with Gasteiger partial charge in [0, 0.05) is 22.2 Å². The van der Waals surface area contributed by atoms with Crippen LogP contribution in [0.4, 0.5) is 4.39 Å². The van der Waals surface area contributed by atoms with Gasteiger partial charge in [0.2, 0.25) is 0 Å². The minimum absolute atomic E-state index is 0.307. The van der Waals surface area contributed by atoms with Crippen molar-refractivity contribution in [1.82, 2.24) is 10.4 Å². The first-order chi connectivity index (χ1) is 12.7. The molecule has 0 unspecified atom stereocenters. The third-order valence-corrected chi connectivity index (χ3v) is 4.80. The highest BCUT2D eigenvalue weighted by Crippen LogP contribution is 2.33. The number of nitrogens with one attached hydrogen (secondary N) is 2. The minimum Gasteiger partial charge on any atom is -0.350 e. The molecule has 4 nitrogen and oxygen atoms in total. The van der Waals surface area contributed by atoms with Crippen LogP contribution in [0.25, 0.3) is 22.0 Å². The standard InChI is InChI=1S/C21H20FN3O/c22-15-11-12-18-17(13-15)19(14-7-3-1-4-8-14)20(23-18)21(26)25-24-16-9-5-2-6-10-16/h1,3-4,7-8,11-13,23H,2,5-6,9-10H2,(H,25,26). The second-order valence-corrected chi connectivity index (χ2v) is 6.61. The molecule has 0 atom stereocenters. The van der Waals surface area contributed by atoms with Gasteiger partial charge in [0.25, 0.3) is 5.91 Å². The van der Waals surface area contributed by atoms with E-state index in [2.05, 4.69) is 15.5 Å². The van der Waals surface area contributed by atoms with Gasteiger partial charge < -0.3 is 4.98 Å². The molecule has 0 radical (unpaired) electrons. The Labute approximate surface area is 151 Å². The fourth-order valence-corrected chi connectivity index (χ4v) is 3.50. The van der Waals surface area contributed by atoms with Crippen LogP contribution < -0.4 is 5.43 Å². The summed E-state index contributed by atoms with van der Waals surface area (Å²) in [4.78, 5) is 15.9. The number of carbonyl (C=O) groups excluding carboxylic acids is 1. The molecule has 1 heterocycles. The summed E-state index contributed by atoms with van der Waals surface area (Å²) in [6.45, 7) is 0. The number of nitrogens with zero attached hydrogens (tertiary/aromatic N) is 1. The molecule has 4 rings (SSSR count). The predicted molar refractivity (Wildman–Crippen MR) is 102 cm³/mol. The van der Waals surface area contributed by atoms with Gasteiger partial charge in [0.15, 0.2) is 0 Å². The molecule has 2 aromatic carbocycles. The highest BCUT2D eigenvalue weighted by molar-refractivity contribution is 6.09. The maximum absolute atomic E-state index is 13.8. The third-order valence-electron chi connectivity index (χ3n) is 4.80. The SMILES string of the molecule is O=C(NN=C1CCCCC1)c1[nH]c2ccc(F)cc2c1-c1ccccc1. The van der Waals surface area contributed by atoms with Crippen molar-refractivity contribution in [2.24, 2.45) is 5.10 Å². The van der Waals surface area contributed by atoms with Gasteiger partial charge in [-0.15, -0.1) is 0 Å². The molecule has 0 bridgehead atoms. The molecule has 1 saturated carbocycles. The Morgan fingerprint density at radius 2 is 1.81 bits per heavy atom. The van der Waals surface area contributed by atoms with E-state index in [0.29, 0.717) is 16.6 Å². The summed E-state index contributed by atoms with van der Waals surface area (Å²) in [5.74, 6) is -0.637. The molecule has 3 aromatic rings. The van der Waals surface area contributed by atoms with Crippen molar-refractivity contribution in [3.8, 4) is 11.1 Å². The normalized spacial score (nSPS) is 14.4. The number of hydrogen-bond acceptors (Lipinski definition) is 2. The fourth-order valence-electron chi connectivity index (χ4n) is 3.50. The summed E-state index contributed by atoms with van der Waals surface area (Å²) in [6.07, 6.45) is 5.33. The van der Waals surface area contributed by atoms with Crippen LogP contribution in [0.2, 0.25) is 0 Å². The Bertz CT molecular complexity index is 968. The monoisotopic (exact) mass is 349 g/mol. The van der Waals surface area contributed by atoms with Crippen molar-refractivity contribution in [3.05, 3.63) is 60.0 Å². The van der Waals surface area contributed by atoms with E-state index in [9.17, 15) is 9.18 Å². The molecular formula is C21H20FN3O. The van der Waals surface area contributed by atoms with Crippen molar-refractivity contribution in [2.75, 3.05) is 0 Å². The summed E-state index contributed by atoms with van der Waals surface area (Å²) in [6, 6.07) is 14.0. The van der Waals surface area contributed by atoms with Gasteiger partial charge in [0.1, 0.15) is 11.5 Å². The van der Waals surface area contributed by atoms with Gasteiger partial charge in [-0.25, -0.2) is 9.82 Å². The first kappa shape index (κ1) is 16.5. The van der Waals surface area contributed by atoms with Gasteiger partial charge in [0.05, 0.1) is 0 Å². The number of fused-ring (bicyclic) bond motifs is 1. The Balaban J connectivity index is 1.75. The molecule has 1 fully saturated rings. The van der Waals surface area contributed by atoms with Crippen molar-refractivity contribution in [2.45, 2.75) is 32.1 Å². The Morgan fingerprint density at radius 1 is 1.04 bits per heavy atom. The quantitative estimate of drug-likeness (QED) is 0.641. The lowest BCUT2D eigenvalue weighted by molar-refractivity contribution is 0.0951. The predicted octanol–water partition coefficient (Wildman–Crippen LogP) is 5.02. The molecule has 132 valence electrons. The average molecular weight is 349 g/mol. The molecule has 1 aliphatic carbocycles. The lowest BCUT2D eigenvalue weighted by Crippen LogP contribution is -2.21. The zero-order valence-electron chi connectivity index (χ0n) is 14.4. The third kappa shape index (κ3) is 3.25. The van der Waals surface area contributed by atoms with E-state index in [4.69, 9.17) is 0 Å². The van der Waals surface area contributed by atoms with Gasteiger partial charge in [-0.3, -0.25) is 4.79 Å². The fraction of sp³-hybridized carbons (Fsp3) is 0.238. The molecule has 0 spiro atoms. The number of halogens is 1. The number of H-pyrrole nitrogens is 1. The minimum atomic E-state index is -0.330. The summed E-state index contributed by atoms with van der Waals surface area (Å²) >= 11 is 0. The molecule has 1 aliphatic rings. The van der Waals surface area contributed by atoms with Crippen molar-refractivity contribution in [1.29, 1.82) is 0 Å². The van der Waals surface area contributed by atoms with Crippen LogP contribution in [-0.4, -0.2) is 16.6 Å². The number of rotatable bonds is 3. The van der Waals surface area contributed by atoms with Crippen molar-refractivity contribution in [3.63, 3.8) is 0 Å². The van der Waals surface area contributed by atoms with E-state index in [1.54, 1.807) is 6.07 Å². The number of hydrogen-bond donors (Lipinski definition) is 2. The van der Waals surface area contributed by atoms with E-state index in [0.717, 1.165) is 42.5 Å². The van der Waals surface area contributed by atoms with E-state index in [1.165, 1.54) is 18.6 Å². The van der Waals surface area contributed by atoms with Crippen LogP contribution in [-0.2, 0) is 0 Å². The summed E-state index contributed by atoms with van der Waals surface area (Å²) in [5.41, 5.74) is 6.39. The summed E-state index contributed by atoms with van der Waals surface area (Å²) < 4.78 is 13.8. The lowest BCUT2D eigenvalue weighted by atomic mass is 9.99. The van der Waals surface area contributed by atoms with E-state index >= 15 is 0 Å². The largest absolute Gasteiger partial charge is 0.350 e. The molecule has 0 saturated heterocycles. The summed E-state index contributed by atoms with van der Waals surface area (Å²) in [7, 11) is 0. The van der Waals surface area contributed by atoms with Gasteiger partial charge in [-0.1, -0.05) is 36.8 Å². The van der Waals surface area contributed by atoms with E-state index in [-0.39, 0.29) is 11.7 Å². The molecule has 5 heteroatoms. The summed E-state index contributed by atoms with van der Waals surface area (Å²) in [5, 5.41) is 4.99. The maximum atomic E-state index is 13.8. The smallest absolute Gasteiger partial charge is 0.288 e. The van der Waals surface area contributed by atoms with Crippen LogP contribution in [0, 0.1) is 5.82 Å². The second kappa shape index (κ2) is 7.12. The highest BCUT2D eigenvalue weighted by Gasteiger charge is 2.20. The number of carbonyl (C=O) groups is 1. The molecule has 1 aromatic heterocycles. The average Bonchev–Trinajstić information content (AvgIpc) is 3.06. The van der Waals surface area contributed by atoms with Crippen LogP contribution in [0.15, 0.2) is 53.6 Å². The Hall–Kier alpha value is -2.95. The topological polar surface area (TPSA) is 57.2 Å². The number of aromatic amines is 1. The van der Waals surface area contributed by atoms with E-state index < -0.39 is 0 Å². The van der Waals surface area contributed by atoms with Gasteiger partial charge in [-0.2, -0.15) is 5.10 Å². The lowest BCUT2D eigenvalue weighted by Gasteiger charge is -2.12. The van der Waals surface area contributed by atoms with Crippen LogP contribution in [0.5, 0.6) is 0 Å². The maximum Gasteiger partial charge on any atom is 0.288 e. The first-order valence-electron chi connectivity index (χ1n) is 8.95. The number of amides is 1. The molecule has 1 amide bonds. The van der Waals surface area contributed by atoms with Gasteiger partial charge >= 0.3 is 0 Å². The van der Waals surface area contributed by atoms with Crippen LogP contribution in [0.3, 0.4) is 0 Å². The van der Waals surface area contributed by atoms with Crippen molar-refractivity contribution < 1.29 is 9.18 Å². The number of benzene rings is 2. The molecule has 0 aliphatic heterocycles. The second-order valence-electron chi connectivity index (χ2n) is 6.61. The first-order valence-corrected chi connectivity index (χ1v) is 8.95.